The molecule has 0 spiro atoms. The third kappa shape index (κ3) is 3.25. The standard InChI is InChI=1S/C13H18N2O/c1-4-11-6-5-7-12(8-11)16-10-13(2,9-14)15-3/h5-8,15H,4,10H2,1-3H3. The lowest BCUT2D eigenvalue weighted by Gasteiger charge is -2.21. The molecule has 1 atom stereocenters. The monoisotopic (exact) mass is 218 g/mol. The summed E-state index contributed by atoms with van der Waals surface area (Å²) in [6, 6.07) is 10.1. The van der Waals surface area contributed by atoms with Crippen LogP contribution in [0.1, 0.15) is 19.4 Å². The van der Waals surface area contributed by atoms with Crippen LogP contribution in [0, 0.1) is 11.3 Å². The molecule has 0 aromatic heterocycles. The van der Waals surface area contributed by atoms with Crippen molar-refractivity contribution in [2.24, 2.45) is 0 Å². The van der Waals surface area contributed by atoms with Gasteiger partial charge in [-0.25, -0.2) is 0 Å². The van der Waals surface area contributed by atoms with Gasteiger partial charge >= 0.3 is 0 Å². The average molecular weight is 218 g/mol. The van der Waals surface area contributed by atoms with Crippen molar-refractivity contribution >= 4 is 0 Å². The number of hydrogen-bond donors (Lipinski definition) is 1. The van der Waals surface area contributed by atoms with Crippen LogP contribution in [-0.2, 0) is 6.42 Å². The van der Waals surface area contributed by atoms with Crippen LogP contribution in [-0.4, -0.2) is 19.2 Å². The molecule has 0 aliphatic heterocycles. The van der Waals surface area contributed by atoms with E-state index in [1.165, 1.54) is 5.56 Å². The first-order valence-electron chi connectivity index (χ1n) is 5.45. The van der Waals surface area contributed by atoms with E-state index in [0.717, 1.165) is 12.2 Å². The normalized spacial score (nSPS) is 13.9. The number of ether oxygens (including phenoxy) is 1. The Morgan fingerprint density at radius 1 is 1.50 bits per heavy atom. The fraction of sp³-hybridized carbons (Fsp3) is 0.462. The van der Waals surface area contributed by atoms with Crippen LogP contribution >= 0.6 is 0 Å². The van der Waals surface area contributed by atoms with Crippen LogP contribution in [0.5, 0.6) is 5.75 Å². The summed E-state index contributed by atoms with van der Waals surface area (Å²) < 4.78 is 5.61. The fourth-order valence-electron chi connectivity index (χ4n) is 1.24. The summed E-state index contributed by atoms with van der Waals surface area (Å²) in [5.74, 6) is 0.816. The second-order valence-corrected chi connectivity index (χ2v) is 3.98. The molecule has 0 bridgehead atoms. The summed E-state index contributed by atoms with van der Waals surface area (Å²) >= 11 is 0. The summed E-state index contributed by atoms with van der Waals surface area (Å²) in [5.41, 5.74) is 0.600. The van der Waals surface area contributed by atoms with E-state index in [9.17, 15) is 0 Å². The van der Waals surface area contributed by atoms with Gasteiger partial charge < -0.3 is 4.74 Å². The number of rotatable bonds is 5. The first-order chi connectivity index (χ1) is 7.63. The molecule has 1 aromatic rings. The highest BCUT2D eigenvalue weighted by Gasteiger charge is 2.21. The maximum absolute atomic E-state index is 8.97. The zero-order valence-corrected chi connectivity index (χ0v) is 10.1. The molecule has 0 heterocycles. The summed E-state index contributed by atoms with van der Waals surface area (Å²) in [4.78, 5) is 0. The average Bonchev–Trinajstić information content (AvgIpc) is 2.36. The lowest BCUT2D eigenvalue weighted by atomic mass is 10.1. The molecule has 1 aromatic carbocycles. The van der Waals surface area contributed by atoms with Gasteiger partial charge in [-0.05, 0) is 38.1 Å². The van der Waals surface area contributed by atoms with E-state index < -0.39 is 5.54 Å². The Morgan fingerprint density at radius 2 is 2.25 bits per heavy atom. The van der Waals surface area contributed by atoms with Gasteiger partial charge in [0.05, 0.1) is 6.07 Å². The number of aryl methyl sites for hydroxylation is 1. The van der Waals surface area contributed by atoms with Gasteiger partial charge in [-0.1, -0.05) is 19.1 Å². The molecule has 1 rings (SSSR count). The van der Waals surface area contributed by atoms with E-state index in [2.05, 4.69) is 24.4 Å². The molecule has 16 heavy (non-hydrogen) atoms. The molecule has 0 saturated carbocycles. The second kappa shape index (κ2) is 5.53. The highest BCUT2D eigenvalue weighted by atomic mass is 16.5. The van der Waals surface area contributed by atoms with Crippen molar-refractivity contribution in [2.75, 3.05) is 13.7 Å². The molecular formula is C13H18N2O. The molecule has 1 unspecified atom stereocenters. The van der Waals surface area contributed by atoms with E-state index in [-0.39, 0.29) is 0 Å². The van der Waals surface area contributed by atoms with Crippen LogP contribution < -0.4 is 10.1 Å². The van der Waals surface area contributed by atoms with E-state index in [0.29, 0.717) is 6.61 Å². The molecule has 0 aliphatic rings. The summed E-state index contributed by atoms with van der Waals surface area (Å²) in [7, 11) is 1.76. The number of nitrogens with zero attached hydrogens (tertiary/aromatic N) is 1. The van der Waals surface area contributed by atoms with Gasteiger partial charge in [-0.15, -0.1) is 0 Å². The number of hydrogen-bond acceptors (Lipinski definition) is 3. The molecule has 86 valence electrons. The minimum absolute atomic E-state index is 0.340. The number of nitrogens with one attached hydrogen (secondary N) is 1. The zero-order valence-electron chi connectivity index (χ0n) is 10.1. The molecule has 3 heteroatoms. The molecule has 3 nitrogen and oxygen atoms in total. The second-order valence-electron chi connectivity index (χ2n) is 3.98. The smallest absolute Gasteiger partial charge is 0.137 e. The van der Waals surface area contributed by atoms with Gasteiger partial charge in [0.2, 0.25) is 0 Å². The van der Waals surface area contributed by atoms with E-state index in [4.69, 9.17) is 10.00 Å². The van der Waals surface area contributed by atoms with Crippen molar-refractivity contribution in [2.45, 2.75) is 25.8 Å². The minimum atomic E-state index is -0.637. The van der Waals surface area contributed by atoms with Gasteiger partial charge in [-0.3, -0.25) is 5.32 Å². The molecule has 1 N–H and O–H groups in total. The number of likely N-dealkylation sites (N-methyl/N-ethyl adjacent to an activating group) is 1. The number of benzene rings is 1. The zero-order chi connectivity index (χ0) is 12.0. The molecular weight excluding hydrogens is 200 g/mol. The van der Waals surface area contributed by atoms with E-state index >= 15 is 0 Å². The largest absolute Gasteiger partial charge is 0.491 e. The third-order valence-corrected chi connectivity index (χ3v) is 2.63. The molecule has 0 radical (unpaired) electrons. The Bertz CT molecular complexity index is 384. The van der Waals surface area contributed by atoms with Crippen molar-refractivity contribution in [3.05, 3.63) is 29.8 Å². The topological polar surface area (TPSA) is 45.0 Å². The van der Waals surface area contributed by atoms with Crippen LogP contribution in [0.3, 0.4) is 0 Å². The lowest BCUT2D eigenvalue weighted by Crippen LogP contribution is -2.43. The summed E-state index contributed by atoms with van der Waals surface area (Å²) in [6.45, 7) is 4.26. The quantitative estimate of drug-likeness (QED) is 0.823. The van der Waals surface area contributed by atoms with Gasteiger partial charge in [0, 0.05) is 0 Å². The molecule has 0 amide bonds. The van der Waals surface area contributed by atoms with Crippen molar-refractivity contribution in [1.29, 1.82) is 5.26 Å². The predicted octanol–water partition coefficient (Wildman–Crippen LogP) is 2.13. The third-order valence-electron chi connectivity index (χ3n) is 2.63. The summed E-state index contributed by atoms with van der Waals surface area (Å²) in [5, 5.41) is 11.9. The van der Waals surface area contributed by atoms with E-state index in [1.54, 1.807) is 7.05 Å². The van der Waals surface area contributed by atoms with Gasteiger partial charge in [0.1, 0.15) is 17.9 Å². The van der Waals surface area contributed by atoms with Gasteiger partial charge in [0.25, 0.3) is 0 Å². The first-order valence-corrected chi connectivity index (χ1v) is 5.45. The van der Waals surface area contributed by atoms with Gasteiger partial charge in [-0.2, -0.15) is 5.26 Å². The Hall–Kier alpha value is -1.53. The Labute approximate surface area is 97.0 Å². The van der Waals surface area contributed by atoms with Gasteiger partial charge in [0.15, 0.2) is 0 Å². The molecule has 0 saturated heterocycles. The fourth-order valence-corrected chi connectivity index (χ4v) is 1.24. The van der Waals surface area contributed by atoms with E-state index in [1.807, 2.05) is 25.1 Å². The SMILES string of the molecule is CCc1cccc(OCC(C)(C#N)NC)c1. The molecule has 0 fully saturated rings. The maximum Gasteiger partial charge on any atom is 0.137 e. The van der Waals surface area contributed by atoms with Crippen LogP contribution in [0.15, 0.2) is 24.3 Å². The Morgan fingerprint density at radius 3 is 2.81 bits per heavy atom. The molecule has 0 aliphatic carbocycles. The van der Waals surface area contributed by atoms with Crippen molar-refractivity contribution in [3.63, 3.8) is 0 Å². The summed E-state index contributed by atoms with van der Waals surface area (Å²) in [6.07, 6.45) is 0.985. The van der Waals surface area contributed by atoms with Crippen LogP contribution in [0.2, 0.25) is 0 Å². The minimum Gasteiger partial charge on any atom is -0.491 e. The highest BCUT2D eigenvalue weighted by molar-refractivity contribution is 5.28. The van der Waals surface area contributed by atoms with Crippen molar-refractivity contribution in [1.82, 2.24) is 5.32 Å². The van der Waals surface area contributed by atoms with Crippen molar-refractivity contribution < 1.29 is 4.74 Å². The van der Waals surface area contributed by atoms with Crippen LogP contribution in [0.4, 0.5) is 0 Å². The Balaban J connectivity index is 2.64. The lowest BCUT2D eigenvalue weighted by molar-refractivity contribution is 0.242. The first kappa shape index (κ1) is 12.5. The van der Waals surface area contributed by atoms with Crippen molar-refractivity contribution in [3.8, 4) is 11.8 Å². The maximum atomic E-state index is 8.97. The highest BCUT2D eigenvalue weighted by Crippen LogP contribution is 2.15. The van der Waals surface area contributed by atoms with Crippen LogP contribution in [0.25, 0.3) is 0 Å². The number of nitriles is 1. The predicted molar refractivity (Wildman–Crippen MR) is 64.4 cm³/mol. The Kier molecular flexibility index (Phi) is 4.33.